The van der Waals surface area contributed by atoms with Crippen molar-refractivity contribution < 1.29 is 4.74 Å². The molecule has 0 bridgehead atoms. The zero-order valence-corrected chi connectivity index (χ0v) is 9.68. The van der Waals surface area contributed by atoms with Gasteiger partial charge in [-0.1, -0.05) is 19.3 Å². The molecule has 1 aliphatic rings. The average Bonchev–Trinajstić information content (AvgIpc) is 2.43. The minimum absolute atomic E-state index is 0.277. The summed E-state index contributed by atoms with van der Waals surface area (Å²) in [5.74, 6) is 1.30. The van der Waals surface area contributed by atoms with Gasteiger partial charge in [0.15, 0.2) is 0 Å². The van der Waals surface area contributed by atoms with Crippen molar-refractivity contribution in [2.45, 2.75) is 37.4 Å². The maximum absolute atomic E-state index is 9.05. The molecule has 1 aliphatic carbocycles. The lowest BCUT2D eigenvalue weighted by atomic mass is 10.0. The van der Waals surface area contributed by atoms with Gasteiger partial charge in [0.2, 0.25) is 0 Å². The van der Waals surface area contributed by atoms with E-state index in [-0.39, 0.29) is 5.92 Å². The molecule has 0 aromatic rings. The second kappa shape index (κ2) is 7.14. The van der Waals surface area contributed by atoms with E-state index >= 15 is 0 Å². The van der Waals surface area contributed by atoms with Gasteiger partial charge in [0.1, 0.15) is 0 Å². The molecule has 0 aromatic heterocycles. The second-order valence-electron chi connectivity index (χ2n) is 3.78. The van der Waals surface area contributed by atoms with Crippen molar-refractivity contribution in [1.29, 1.82) is 5.26 Å². The number of thioether (sulfide) groups is 1. The van der Waals surface area contributed by atoms with Gasteiger partial charge in [0.05, 0.1) is 18.6 Å². The van der Waals surface area contributed by atoms with Crippen molar-refractivity contribution in [3.8, 4) is 6.07 Å². The predicted octanol–water partition coefficient (Wildman–Crippen LogP) is 2.84. The summed E-state index contributed by atoms with van der Waals surface area (Å²) in [4.78, 5) is 0. The second-order valence-corrected chi connectivity index (χ2v) is 5.12. The third-order valence-corrected chi connectivity index (χ3v) is 4.13. The summed E-state index contributed by atoms with van der Waals surface area (Å²) < 4.78 is 5.03. The van der Waals surface area contributed by atoms with Crippen molar-refractivity contribution >= 4 is 11.8 Å². The number of rotatable bonds is 4. The highest BCUT2D eigenvalue weighted by Gasteiger charge is 2.23. The molecule has 0 saturated heterocycles. The van der Waals surface area contributed by atoms with E-state index in [0.29, 0.717) is 5.25 Å². The Morgan fingerprint density at radius 2 is 2.14 bits per heavy atom. The van der Waals surface area contributed by atoms with E-state index < -0.39 is 0 Å². The molecule has 0 amide bonds. The summed E-state index contributed by atoms with van der Waals surface area (Å²) in [7, 11) is 1.73. The minimum Gasteiger partial charge on any atom is -0.384 e. The van der Waals surface area contributed by atoms with Crippen LogP contribution in [0.4, 0.5) is 0 Å². The van der Waals surface area contributed by atoms with Gasteiger partial charge in [-0.15, -0.1) is 0 Å². The first-order valence-electron chi connectivity index (χ1n) is 5.38. The molecule has 0 spiro atoms. The Balaban J connectivity index is 2.33. The van der Waals surface area contributed by atoms with Crippen molar-refractivity contribution in [2.24, 2.45) is 5.92 Å². The summed E-state index contributed by atoms with van der Waals surface area (Å²) in [5, 5.41) is 9.60. The Bertz CT molecular complexity index is 190. The zero-order valence-electron chi connectivity index (χ0n) is 8.87. The lowest BCUT2D eigenvalue weighted by Crippen LogP contribution is -2.15. The van der Waals surface area contributed by atoms with E-state index in [1.807, 2.05) is 11.8 Å². The quantitative estimate of drug-likeness (QED) is 0.532. The largest absolute Gasteiger partial charge is 0.384 e. The van der Waals surface area contributed by atoms with Crippen LogP contribution >= 0.6 is 11.8 Å². The summed E-state index contributed by atoms with van der Waals surface area (Å²) in [6.45, 7) is 0.805. The average molecular weight is 213 g/mol. The standard InChI is InChI=1S/C11H19NOS/c1-13-7-8-14-11-6-4-2-3-5-10(11)9-12/h10-11H,2-8H2,1H3. The molecular formula is C11H19NOS. The van der Waals surface area contributed by atoms with E-state index in [2.05, 4.69) is 6.07 Å². The van der Waals surface area contributed by atoms with Crippen LogP contribution in [0.3, 0.4) is 0 Å². The van der Waals surface area contributed by atoms with E-state index in [4.69, 9.17) is 10.00 Å². The van der Waals surface area contributed by atoms with E-state index in [0.717, 1.165) is 18.8 Å². The van der Waals surface area contributed by atoms with Crippen LogP contribution in [0.5, 0.6) is 0 Å². The summed E-state index contributed by atoms with van der Waals surface area (Å²) in [6.07, 6.45) is 6.15. The van der Waals surface area contributed by atoms with E-state index in [9.17, 15) is 0 Å². The number of ether oxygens (including phenoxy) is 1. The Hall–Kier alpha value is -0.200. The lowest BCUT2D eigenvalue weighted by Gasteiger charge is -2.18. The van der Waals surface area contributed by atoms with Crippen LogP contribution < -0.4 is 0 Å². The first kappa shape index (κ1) is 11.9. The molecule has 2 unspecified atom stereocenters. The molecule has 0 aliphatic heterocycles. The first-order valence-corrected chi connectivity index (χ1v) is 6.43. The SMILES string of the molecule is COCCSC1CCCCCC1C#N. The Kier molecular flexibility index (Phi) is 6.05. The van der Waals surface area contributed by atoms with Gasteiger partial charge in [-0.05, 0) is 12.8 Å². The summed E-state index contributed by atoms with van der Waals surface area (Å²) >= 11 is 1.92. The van der Waals surface area contributed by atoms with Gasteiger partial charge in [-0.25, -0.2) is 0 Å². The summed E-state index contributed by atoms with van der Waals surface area (Å²) in [5.41, 5.74) is 0. The topological polar surface area (TPSA) is 33.0 Å². The van der Waals surface area contributed by atoms with Crippen LogP contribution in [0.15, 0.2) is 0 Å². The van der Waals surface area contributed by atoms with Gasteiger partial charge < -0.3 is 4.74 Å². The fraction of sp³-hybridized carbons (Fsp3) is 0.909. The molecule has 0 radical (unpaired) electrons. The summed E-state index contributed by atoms with van der Waals surface area (Å²) in [6, 6.07) is 2.46. The molecule has 0 heterocycles. The van der Waals surface area contributed by atoms with Crippen LogP contribution in [-0.4, -0.2) is 24.7 Å². The van der Waals surface area contributed by atoms with Crippen LogP contribution in [0.1, 0.15) is 32.1 Å². The number of methoxy groups -OCH3 is 1. The molecule has 1 fully saturated rings. The van der Waals surface area contributed by atoms with Crippen LogP contribution in [0, 0.1) is 17.2 Å². The Morgan fingerprint density at radius 1 is 1.36 bits per heavy atom. The molecule has 14 heavy (non-hydrogen) atoms. The maximum Gasteiger partial charge on any atom is 0.0667 e. The Labute approximate surface area is 91.0 Å². The minimum atomic E-state index is 0.277. The number of hydrogen-bond donors (Lipinski definition) is 0. The van der Waals surface area contributed by atoms with Crippen LogP contribution in [0.25, 0.3) is 0 Å². The highest BCUT2D eigenvalue weighted by molar-refractivity contribution is 7.99. The monoisotopic (exact) mass is 213 g/mol. The molecule has 1 rings (SSSR count). The molecular weight excluding hydrogens is 194 g/mol. The maximum atomic E-state index is 9.05. The van der Waals surface area contributed by atoms with Gasteiger partial charge in [0, 0.05) is 18.1 Å². The molecule has 2 nitrogen and oxygen atoms in total. The fourth-order valence-electron chi connectivity index (χ4n) is 1.90. The molecule has 1 saturated carbocycles. The van der Waals surface area contributed by atoms with Gasteiger partial charge in [0.25, 0.3) is 0 Å². The third-order valence-electron chi connectivity index (χ3n) is 2.74. The fourth-order valence-corrected chi connectivity index (χ4v) is 3.23. The highest BCUT2D eigenvalue weighted by Crippen LogP contribution is 2.31. The Morgan fingerprint density at radius 3 is 2.86 bits per heavy atom. The molecule has 80 valence electrons. The highest BCUT2D eigenvalue weighted by atomic mass is 32.2. The predicted molar refractivity (Wildman–Crippen MR) is 60.3 cm³/mol. The van der Waals surface area contributed by atoms with Gasteiger partial charge in [-0.2, -0.15) is 17.0 Å². The number of nitrogens with zero attached hydrogens (tertiary/aromatic N) is 1. The normalized spacial score (nSPS) is 28.0. The van der Waals surface area contributed by atoms with Crippen molar-refractivity contribution in [1.82, 2.24) is 0 Å². The van der Waals surface area contributed by atoms with E-state index in [1.165, 1.54) is 25.7 Å². The van der Waals surface area contributed by atoms with Gasteiger partial charge in [-0.3, -0.25) is 0 Å². The zero-order chi connectivity index (χ0) is 10.2. The number of hydrogen-bond acceptors (Lipinski definition) is 3. The van der Waals surface area contributed by atoms with Gasteiger partial charge >= 0.3 is 0 Å². The van der Waals surface area contributed by atoms with Crippen LogP contribution in [0.2, 0.25) is 0 Å². The van der Waals surface area contributed by atoms with Crippen molar-refractivity contribution in [2.75, 3.05) is 19.5 Å². The number of nitriles is 1. The smallest absolute Gasteiger partial charge is 0.0667 e. The van der Waals surface area contributed by atoms with Crippen LogP contribution in [-0.2, 0) is 4.74 Å². The molecule has 3 heteroatoms. The van der Waals surface area contributed by atoms with Crippen molar-refractivity contribution in [3.63, 3.8) is 0 Å². The first-order chi connectivity index (χ1) is 6.88. The van der Waals surface area contributed by atoms with E-state index in [1.54, 1.807) is 7.11 Å². The molecule has 0 N–H and O–H groups in total. The molecule has 2 atom stereocenters. The lowest BCUT2D eigenvalue weighted by molar-refractivity contribution is 0.218. The van der Waals surface area contributed by atoms with Crippen molar-refractivity contribution in [3.05, 3.63) is 0 Å². The third kappa shape index (κ3) is 3.89. The molecule has 0 aromatic carbocycles.